The van der Waals surface area contributed by atoms with E-state index in [1.807, 2.05) is 0 Å². The Labute approximate surface area is 122 Å². The molecule has 1 amide bonds. The molecular weight excluding hydrogens is 252 g/mol. The quantitative estimate of drug-likeness (QED) is 0.835. The lowest BCUT2D eigenvalue weighted by molar-refractivity contribution is -0.138. The number of nitrogens with two attached hydrogens (primary N) is 1. The van der Waals surface area contributed by atoms with Gasteiger partial charge in [0.15, 0.2) is 0 Å². The first-order valence-corrected chi connectivity index (χ1v) is 8.36. The molecule has 1 atom stereocenters. The summed E-state index contributed by atoms with van der Waals surface area (Å²) in [6.45, 7) is 3.43. The van der Waals surface area contributed by atoms with Gasteiger partial charge in [-0.2, -0.15) is 0 Å². The van der Waals surface area contributed by atoms with Gasteiger partial charge in [-0.3, -0.25) is 4.79 Å². The molecule has 0 radical (unpaired) electrons. The Bertz CT molecular complexity index is 329. The van der Waals surface area contributed by atoms with Gasteiger partial charge in [0.1, 0.15) is 0 Å². The van der Waals surface area contributed by atoms with E-state index in [1.54, 1.807) is 0 Å². The van der Waals surface area contributed by atoms with Crippen molar-refractivity contribution < 1.29 is 9.53 Å². The van der Waals surface area contributed by atoms with Crippen LogP contribution < -0.4 is 5.73 Å². The fraction of sp³-hybridized carbons (Fsp3) is 0.938. The number of hydrogen-bond acceptors (Lipinski definition) is 3. The summed E-state index contributed by atoms with van der Waals surface area (Å²) in [6, 6.07) is 0.537. The first-order valence-electron chi connectivity index (χ1n) is 8.36. The van der Waals surface area contributed by atoms with E-state index in [0.29, 0.717) is 23.8 Å². The van der Waals surface area contributed by atoms with Crippen molar-refractivity contribution in [3.8, 4) is 0 Å². The SMILES string of the molecule is NCC1CCC(C(=O)N(CC2CCOC2)C2CC2)CC1. The van der Waals surface area contributed by atoms with Gasteiger partial charge in [0.25, 0.3) is 0 Å². The summed E-state index contributed by atoms with van der Waals surface area (Å²) >= 11 is 0. The molecule has 0 aromatic heterocycles. The van der Waals surface area contributed by atoms with Gasteiger partial charge in [-0.15, -0.1) is 0 Å². The van der Waals surface area contributed by atoms with Crippen LogP contribution in [-0.2, 0) is 9.53 Å². The van der Waals surface area contributed by atoms with E-state index >= 15 is 0 Å². The Morgan fingerprint density at radius 2 is 1.80 bits per heavy atom. The summed E-state index contributed by atoms with van der Waals surface area (Å²) in [6.07, 6.45) is 7.90. The minimum absolute atomic E-state index is 0.265. The molecule has 2 N–H and O–H groups in total. The maximum atomic E-state index is 12.8. The van der Waals surface area contributed by atoms with Crippen LogP contribution in [0.5, 0.6) is 0 Å². The molecule has 114 valence electrons. The van der Waals surface area contributed by atoms with Gasteiger partial charge >= 0.3 is 0 Å². The molecule has 0 aromatic carbocycles. The third-order valence-electron chi connectivity index (χ3n) is 5.28. The van der Waals surface area contributed by atoms with Gasteiger partial charge in [-0.05, 0) is 57.4 Å². The first-order chi connectivity index (χ1) is 9.78. The molecule has 1 unspecified atom stereocenters. The van der Waals surface area contributed by atoms with E-state index in [4.69, 9.17) is 10.5 Å². The van der Waals surface area contributed by atoms with E-state index in [0.717, 1.165) is 58.4 Å². The minimum atomic E-state index is 0.265. The highest BCUT2D eigenvalue weighted by Gasteiger charge is 2.38. The van der Waals surface area contributed by atoms with E-state index in [2.05, 4.69) is 4.90 Å². The Morgan fingerprint density at radius 1 is 1.05 bits per heavy atom. The van der Waals surface area contributed by atoms with Crippen LogP contribution in [0, 0.1) is 17.8 Å². The van der Waals surface area contributed by atoms with Crippen molar-refractivity contribution in [1.29, 1.82) is 0 Å². The number of nitrogens with zero attached hydrogens (tertiary/aromatic N) is 1. The molecule has 0 bridgehead atoms. The summed E-state index contributed by atoms with van der Waals surface area (Å²) in [7, 11) is 0. The highest BCUT2D eigenvalue weighted by molar-refractivity contribution is 5.79. The molecule has 3 rings (SSSR count). The molecule has 0 spiro atoms. The van der Waals surface area contributed by atoms with Crippen molar-refractivity contribution in [2.75, 3.05) is 26.3 Å². The lowest BCUT2D eigenvalue weighted by atomic mass is 9.81. The maximum Gasteiger partial charge on any atom is 0.225 e. The number of carbonyl (C=O) groups is 1. The van der Waals surface area contributed by atoms with Gasteiger partial charge in [0.05, 0.1) is 6.61 Å². The molecule has 1 aliphatic heterocycles. The fourth-order valence-electron chi connectivity index (χ4n) is 3.69. The van der Waals surface area contributed by atoms with Crippen LogP contribution in [0.3, 0.4) is 0 Å². The second kappa shape index (κ2) is 6.44. The normalized spacial score (nSPS) is 34.1. The van der Waals surface area contributed by atoms with Gasteiger partial charge < -0.3 is 15.4 Å². The third-order valence-corrected chi connectivity index (χ3v) is 5.28. The van der Waals surface area contributed by atoms with E-state index in [-0.39, 0.29) is 5.92 Å². The van der Waals surface area contributed by atoms with Crippen LogP contribution in [0.1, 0.15) is 44.9 Å². The summed E-state index contributed by atoms with van der Waals surface area (Å²) < 4.78 is 5.46. The number of amides is 1. The summed E-state index contributed by atoms with van der Waals surface area (Å²) in [5.41, 5.74) is 5.74. The Hall–Kier alpha value is -0.610. The average Bonchev–Trinajstić information content (AvgIpc) is 3.21. The summed E-state index contributed by atoms with van der Waals surface area (Å²) in [5, 5.41) is 0. The Balaban J connectivity index is 1.55. The number of hydrogen-bond donors (Lipinski definition) is 1. The molecule has 3 fully saturated rings. The van der Waals surface area contributed by atoms with Crippen molar-refractivity contribution >= 4 is 5.91 Å². The second-order valence-corrected chi connectivity index (χ2v) is 6.90. The maximum absolute atomic E-state index is 12.8. The van der Waals surface area contributed by atoms with Crippen LogP contribution in [0.25, 0.3) is 0 Å². The zero-order valence-electron chi connectivity index (χ0n) is 12.4. The monoisotopic (exact) mass is 280 g/mol. The molecule has 1 heterocycles. The van der Waals surface area contributed by atoms with Crippen LogP contribution >= 0.6 is 0 Å². The van der Waals surface area contributed by atoms with E-state index < -0.39 is 0 Å². The highest BCUT2D eigenvalue weighted by Crippen LogP contribution is 2.34. The predicted molar refractivity (Wildman–Crippen MR) is 78.2 cm³/mol. The van der Waals surface area contributed by atoms with Crippen LogP contribution in [0.2, 0.25) is 0 Å². The summed E-state index contributed by atoms with van der Waals surface area (Å²) in [5.74, 6) is 1.91. The van der Waals surface area contributed by atoms with Gasteiger partial charge in [-0.25, -0.2) is 0 Å². The van der Waals surface area contributed by atoms with Crippen molar-refractivity contribution in [3.63, 3.8) is 0 Å². The molecular formula is C16H28N2O2. The molecule has 2 saturated carbocycles. The van der Waals surface area contributed by atoms with E-state index in [1.165, 1.54) is 12.8 Å². The molecule has 4 heteroatoms. The van der Waals surface area contributed by atoms with Crippen molar-refractivity contribution in [3.05, 3.63) is 0 Å². The number of carbonyl (C=O) groups excluding carboxylic acids is 1. The van der Waals surface area contributed by atoms with Crippen LogP contribution in [-0.4, -0.2) is 43.2 Å². The zero-order valence-corrected chi connectivity index (χ0v) is 12.4. The van der Waals surface area contributed by atoms with Crippen molar-refractivity contribution in [2.45, 2.75) is 51.0 Å². The van der Waals surface area contributed by atoms with Gasteiger partial charge in [0.2, 0.25) is 5.91 Å². The standard InChI is InChI=1S/C16H28N2O2/c17-9-12-1-3-14(4-2-12)16(19)18(15-5-6-15)10-13-7-8-20-11-13/h12-15H,1-11,17H2. The minimum Gasteiger partial charge on any atom is -0.381 e. The largest absolute Gasteiger partial charge is 0.381 e. The van der Waals surface area contributed by atoms with Crippen LogP contribution in [0.15, 0.2) is 0 Å². The highest BCUT2D eigenvalue weighted by atomic mass is 16.5. The smallest absolute Gasteiger partial charge is 0.225 e. The number of ether oxygens (including phenoxy) is 1. The Morgan fingerprint density at radius 3 is 2.35 bits per heavy atom. The number of rotatable bonds is 5. The molecule has 0 aromatic rings. The van der Waals surface area contributed by atoms with Gasteiger partial charge in [-0.1, -0.05) is 0 Å². The lowest BCUT2D eigenvalue weighted by Gasteiger charge is -2.33. The average molecular weight is 280 g/mol. The predicted octanol–water partition coefficient (Wildman–Crippen LogP) is 1.78. The van der Waals surface area contributed by atoms with Crippen LogP contribution in [0.4, 0.5) is 0 Å². The molecule has 3 aliphatic rings. The van der Waals surface area contributed by atoms with Gasteiger partial charge in [0, 0.05) is 31.0 Å². The lowest BCUT2D eigenvalue weighted by Crippen LogP contribution is -2.42. The zero-order chi connectivity index (χ0) is 13.9. The molecule has 1 saturated heterocycles. The molecule has 4 nitrogen and oxygen atoms in total. The topological polar surface area (TPSA) is 55.6 Å². The molecule has 20 heavy (non-hydrogen) atoms. The first kappa shape index (κ1) is 14.3. The van der Waals surface area contributed by atoms with E-state index in [9.17, 15) is 4.79 Å². The second-order valence-electron chi connectivity index (χ2n) is 6.90. The molecule has 2 aliphatic carbocycles. The Kier molecular flexibility index (Phi) is 4.61. The van der Waals surface area contributed by atoms with Crippen molar-refractivity contribution in [1.82, 2.24) is 4.90 Å². The fourth-order valence-corrected chi connectivity index (χ4v) is 3.69. The van der Waals surface area contributed by atoms with Crippen molar-refractivity contribution in [2.24, 2.45) is 23.5 Å². The third kappa shape index (κ3) is 3.34. The summed E-state index contributed by atoms with van der Waals surface area (Å²) in [4.78, 5) is 15.0.